The van der Waals surface area contributed by atoms with E-state index in [1.165, 1.54) is 13.3 Å². The lowest BCUT2D eigenvalue weighted by molar-refractivity contribution is 0.472. The molecule has 1 N–H and O–H groups in total. The van der Waals surface area contributed by atoms with Gasteiger partial charge in [-0.2, -0.15) is 17.9 Å². The Morgan fingerprint density at radius 1 is 1.08 bits per heavy atom. The number of phenols is 1. The number of hydrogen-bond acceptors (Lipinski definition) is 5. The normalized spacial score (nSPS) is 11.7. The van der Waals surface area contributed by atoms with Crippen molar-refractivity contribution in [2.24, 2.45) is 5.10 Å². The summed E-state index contributed by atoms with van der Waals surface area (Å²) in [6, 6.07) is 11.8. The fraction of sp³-hybridized carbons (Fsp3) is 0.316. The molecular formula is C19H25N3O3S. The summed E-state index contributed by atoms with van der Waals surface area (Å²) in [5.41, 5.74) is 2.34. The number of benzene rings is 2. The van der Waals surface area contributed by atoms with Gasteiger partial charge in [-0.15, -0.1) is 0 Å². The third-order valence-electron chi connectivity index (χ3n) is 4.17. The van der Waals surface area contributed by atoms with Gasteiger partial charge in [0.15, 0.2) is 0 Å². The van der Waals surface area contributed by atoms with Crippen LogP contribution in [-0.2, 0) is 10.0 Å². The van der Waals surface area contributed by atoms with Crippen LogP contribution in [-0.4, -0.2) is 44.3 Å². The third-order valence-corrected chi connectivity index (χ3v) is 5.83. The number of rotatable bonds is 7. The molecule has 0 aliphatic carbocycles. The molecule has 0 unspecified atom stereocenters. The minimum Gasteiger partial charge on any atom is -0.507 e. The summed E-state index contributed by atoms with van der Waals surface area (Å²) >= 11 is 0. The van der Waals surface area contributed by atoms with Crippen molar-refractivity contribution in [1.82, 2.24) is 4.41 Å². The molecule has 2 aromatic carbocycles. The zero-order valence-corrected chi connectivity index (χ0v) is 16.4. The standard InChI is InChI=1S/C19H25N3O3S/c1-5-22(6-2)17-10-9-16(19(23)13-17)14-20-21(4)26(24,25)18-11-7-15(3)8-12-18/h7-14,23H,5-6H2,1-4H3/b20-14-. The summed E-state index contributed by atoms with van der Waals surface area (Å²) in [7, 11) is -2.35. The van der Waals surface area contributed by atoms with E-state index in [0.717, 1.165) is 28.8 Å². The molecule has 0 heterocycles. The SMILES string of the molecule is CCN(CC)c1ccc(/C=N\N(C)S(=O)(=O)c2ccc(C)cc2)c(O)c1. The zero-order valence-electron chi connectivity index (χ0n) is 15.5. The third kappa shape index (κ3) is 4.35. The Hall–Kier alpha value is -2.54. The maximum absolute atomic E-state index is 12.5. The summed E-state index contributed by atoms with van der Waals surface area (Å²) < 4.78 is 25.9. The number of nitrogens with zero attached hydrogens (tertiary/aromatic N) is 3. The molecule has 0 amide bonds. The van der Waals surface area contributed by atoms with Crippen LogP contribution in [0, 0.1) is 6.92 Å². The quantitative estimate of drug-likeness (QED) is 0.596. The Balaban J connectivity index is 2.22. The van der Waals surface area contributed by atoms with Gasteiger partial charge in [-0.1, -0.05) is 17.7 Å². The van der Waals surface area contributed by atoms with Crippen LogP contribution in [0.2, 0.25) is 0 Å². The average Bonchev–Trinajstić information content (AvgIpc) is 2.62. The molecule has 0 saturated heterocycles. The minimum absolute atomic E-state index is 0.0549. The second kappa shape index (κ2) is 8.23. The second-order valence-electron chi connectivity index (χ2n) is 5.91. The summed E-state index contributed by atoms with van der Waals surface area (Å²) in [5, 5.41) is 14.2. The molecular weight excluding hydrogens is 350 g/mol. The van der Waals surface area contributed by atoms with Crippen molar-refractivity contribution in [2.45, 2.75) is 25.7 Å². The van der Waals surface area contributed by atoms with Gasteiger partial charge < -0.3 is 10.0 Å². The van der Waals surface area contributed by atoms with Gasteiger partial charge >= 0.3 is 0 Å². The molecule has 0 bridgehead atoms. The second-order valence-corrected chi connectivity index (χ2v) is 7.86. The smallest absolute Gasteiger partial charge is 0.278 e. The monoisotopic (exact) mass is 375 g/mol. The van der Waals surface area contributed by atoms with E-state index >= 15 is 0 Å². The molecule has 2 aromatic rings. The number of phenolic OH excluding ortho intramolecular Hbond substituents is 1. The molecule has 0 saturated carbocycles. The van der Waals surface area contributed by atoms with E-state index in [4.69, 9.17) is 0 Å². The van der Waals surface area contributed by atoms with Crippen LogP contribution in [0.4, 0.5) is 5.69 Å². The van der Waals surface area contributed by atoms with E-state index in [2.05, 4.69) is 10.0 Å². The van der Waals surface area contributed by atoms with Crippen LogP contribution in [0.15, 0.2) is 52.5 Å². The highest BCUT2D eigenvalue weighted by atomic mass is 32.2. The molecule has 140 valence electrons. The van der Waals surface area contributed by atoms with Crippen molar-refractivity contribution in [3.05, 3.63) is 53.6 Å². The Labute approximate surface area is 155 Å². The Morgan fingerprint density at radius 3 is 2.23 bits per heavy atom. The molecule has 0 fully saturated rings. The molecule has 0 aliphatic rings. The lowest BCUT2D eigenvalue weighted by Crippen LogP contribution is -2.22. The number of aryl methyl sites for hydroxylation is 1. The van der Waals surface area contributed by atoms with Gasteiger partial charge in [0.05, 0.1) is 11.1 Å². The summed E-state index contributed by atoms with van der Waals surface area (Å²) in [6.45, 7) is 7.65. The predicted octanol–water partition coefficient (Wildman–Crippen LogP) is 3.20. The molecule has 0 atom stereocenters. The van der Waals surface area contributed by atoms with Crippen molar-refractivity contribution in [3.8, 4) is 5.75 Å². The maximum atomic E-state index is 12.5. The molecule has 0 spiro atoms. The topological polar surface area (TPSA) is 73.2 Å². The zero-order chi connectivity index (χ0) is 19.3. The highest BCUT2D eigenvalue weighted by Gasteiger charge is 2.18. The van der Waals surface area contributed by atoms with Crippen LogP contribution >= 0.6 is 0 Å². The first-order chi connectivity index (χ1) is 12.3. The predicted molar refractivity (Wildman–Crippen MR) is 105 cm³/mol. The highest BCUT2D eigenvalue weighted by molar-refractivity contribution is 7.89. The summed E-state index contributed by atoms with van der Waals surface area (Å²) in [5.74, 6) is 0.0549. The van der Waals surface area contributed by atoms with Crippen molar-refractivity contribution in [1.29, 1.82) is 0 Å². The van der Waals surface area contributed by atoms with Crippen LogP contribution in [0.5, 0.6) is 5.75 Å². The van der Waals surface area contributed by atoms with Gasteiger partial charge in [-0.05, 0) is 45.0 Å². The first-order valence-corrected chi connectivity index (χ1v) is 9.91. The number of hydrazone groups is 1. The Morgan fingerprint density at radius 2 is 1.69 bits per heavy atom. The van der Waals surface area contributed by atoms with Gasteiger partial charge in [0, 0.05) is 37.5 Å². The fourth-order valence-corrected chi connectivity index (χ4v) is 3.45. The fourth-order valence-electron chi connectivity index (χ4n) is 2.50. The summed E-state index contributed by atoms with van der Waals surface area (Å²) in [4.78, 5) is 2.28. The van der Waals surface area contributed by atoms with Crippen LogP contribution in [0.3, 0.4) is 0 Å². The van der Waals surface area contributed by atoms with Crippen LogP contribution in [0.25, 0.3) is 0 Å². The van der Waals surface area contributed by atoms with E-state index in [9.17, 15) is 13.5 Å². The summed E-state index contributed by atoms with van der Waals surface area (Å²) in [6.07, 6.45) is 1.34. The van der Waals surface area contributed by atoms with Crippen molar-refractivity contribution in [2.75, 3.05) is 25.0 Å². The van der Waals surface area contributed by atoms with Crippen LogP contribution in [0.1, 0.15) is 25.0 Å². The van der Waals surface area contributed by atoms with E-state index in [1.54, 1.807) is 36.4 Å². The van der Waals surface area contributed by atoms with E-state index < -0.39 is 10.0 Å². The molecule has 26 heavy (non-hydrogen) atoms. The molecule has 2 rings (SSSR count). The Bertz CT molecular complexity index is 873. The van der Waals surface area contributed by atoms with Crippen molar-refractivity contribution in [3.63, 3.8) is 0 Å². The average molecular weight is 375 g/mol. The first-order valence-electron chi connectivity index (χ1n) is 8.47. The lowest BCUT2D eigenvalue weighted by atomic mass is 10.2. The lowest BCUT2D eigenvalue weighted by Gasteiger charge is -2.21. The largest absolute Gasteiger partial charge is 0.507 e. The van der Waals surface area contributed by atoms with Crippen molar-refractivity contribution < 1.29 is 13.5 Å². The van der Waals surface area contributed by atoms with E-state index in [1.807, 2.05) is 26.8 Å². The van der Waals surface area contributed by atoms with Crippen LogP contribution < -0.4 is 4.90 Å². The molecule has 7 heteroatoms. The number of sulfonamides is 1. The van der Waals surface area contributed by atoms with Gasteiger partial charge in [0.1, 0.15) is 5.75 Å². The molecule has 0 radical (unpaired) electrons. The molecule has 0 aliphatic heterocycles. The molecule has 0 aromatic heterocycles. The van der Waals surface area contributed by atoms with Gasteiger partial charge in [-0.3, -0.25) is 0 Å². The first kappa shape index (κ1) is 19.8. The Kier molecular flexibility index (Phi) is 6.26. The highest BCUT2D eigenvalue weighted by Crippen LogP contribution is 2.24. The van der Waals surface area contributed by atoms with Gasteiger partial charge in [0.25, 0.3) is 10.0 Å². The minimum atomic E-state index is -3.72. The van der Waals surface area contributed by atoms with E-state index in [-0.39, 0.29) is 10.6 Å². The van der Waals surface area contributed by atoms with Gasteiger partial charge in [0.2, 0.25) is 0 Å². The van der Waals surface area contributed by atoms with Crippen molar-refractivity contribution >= 4 is 21.9 Å². The number of hydrogen-bond donors (Lipinski definition) is 1. The molecule has 6 nitrogen and oxygen atoms in total. The maximum Gasteiger partial charge on any atom is 0.278 e. The van der Waals surface area contributed by atoms with Gasteiger partial charge in [-0.25, -0.2) is 0 Å². The van der Waals surface area contributed by atoms with E-state index in [0.29, 0.717) is 5.56 Å². The number of anilines is 1. The number of aromatic hydroxyl groups is 1.